The van der Waals surface area contributed by atoms with Crippen molar-refractivity contribution in [2.24, 2.45) is 0 Å². The lowest BCUT2D eigenvalue weighted by atomic mass is 10.3. The van der Waals surface area contributed by atoms with Crippen LogP contribution in [0.1, 0.15) is 10.4 Å². The Bertz CT molecular complexity index is 643. The minimum absolute atomic E-state index is 0.0176. The van der Waals surface area contributed by atoms with Gasteiger partial charge < -0.3 is 10.3 Å². The molecule has 5 nitrogen and oxygen atoms in total. The number of halogens is 1. The second-order valence-corrected chi connectivity index (χ2v) is 5.46. The second-order valence-electron chi connectivity index (χ2n) is 3.85. The van der Waals surface area contributed by atoms with Gasteiger partial charge in [0.05, 0.1) is 6.33 Å². The van der Waals surface area contributed by atoms with E-state index in [1.807, 2.05) is 24.3 Å². The van der Waals surface area contributed by atoms with Gasteiger partial charge in [-0.1, -0.05) is 11.6 Å². The van der Waals surface area contributed by atoms with Crippen LogP contribution < -0.4 is 10.9 Å². The van der Waals surface area contributed by atoms with Gasteiger partial charge in [0.1, 0.15) is 5.56 Å². The molecule has 2 rings (SSSR count). The van der Waals surface area contributed by atoms with Crippen LogP contribution in [0.3, 0.4) is 0 Å². The van der Waals surface area contributed by atoms with E-state index in [0.29, 0.717) is 17.3 Å². The van der Waals surface area contributed by atoms with Crippen molar-refractivity contribution in [2.75, 3.05) is 12.3 Å². The summed E-state index contributed by atoms with van der Waals surface area (Å²) in [4.78, 5) is 30.2. The fraction of sp³-hybridized carbons (Fsp3) is 0.154. The van der Waals surface area contributed by atoms with E-state index in [0.717, 1.165) is 4.90 Å². The number of aromatic amines is 1. The highest BCUT2D eigenvalue weighted by Crippen LogP contribution is 2.19. The third-order valence-electron chi connectivity index (χ3n) is 2.43. The number of rotatable bonds is 5. The fourth-order valence-electron chi connectivity index (χ4n) is 1.47. The lowest BCUT2D eigenvalue weighted by molar-refractivity contribution is 0.0954. The highest BCUT2D eigenvalue weighted by Gasteiger charge is 2.09. The van der Waals surface area contributed by atoms with Crippen LogP contribution in [0.5, 0.6) is 0 Å². The van der Waals surface area contributed by atoms with Gasteiger partial charge in [-0.05, 0) is 24.3 Å². The number of thioether (sulfide) groups is 1. The van der Waals surface area contributed by atoms with E-state index in [4.69, 9.17) is 11.6 Å². The molecule has 0 aliphatic rings. The first kappa shape index (κ1) is 14.6. The molecular weight excluding hydrogens is 298 g/mol. The van der Waals surface area contributed by atoms with E-state index in [2.05, 4.69) is 15.3 Å². The molecule has 1 aromatic carbocycles. The number of aromatic nitrogens is 2. The number of carbonyl (C=O) groups excluding carboxylic acids is 1. The van der Waals surface area contributed by atoms with E-state index < -0.39 is 11.5 Å². The Morgan fingerprint density at radius 1 is 1.35 bits per heavy atom. The van der Waals surface area contributed by atoms with Crippen LogP contribution in [-0.2, 0) is 0 Å². The number of nitrogens with one attached hydrogen (secondary N) is 2. The monoisotopic (exact) mass is 309 g/mol. The van der Waals surface area contributed by atoms with Crippen molar-refractivity contribution in [3.8, 4) is 0 Å². The number of nitrogens with zero attached hydrogens (tertiary/aromatic N) is 1. The number of hydrogen-bond acceptors (Lipinski definition) is 4. The zero-order chi connectivity index (χ0) is 14.4. The van der Waals surface area contributed by atoms with E-state index in [-0.39, 0.29) is 5.56 Å². The third kappa shape index (κ3) is 4.11. The molecule has 0 unspecified atom stereocenters. The Labute approximate surface area is 124 Å². The maximum atomic E-state index is 11.7. The Morgan fingerprint density at radius 2 is 2.10 bits per heavy atom. The molecule has 0 saturated heterocycles. The normalized spacial score (nSPS) is 10.2. The summed E-state index contributed by atoms with van der Waals surface area (Å²) in [6.45, 7) is 0.459. The summed E-state index contributed by atoms with van der Waals surface area (Å²) >= 11 is 7.39. The lowest BCUT2D eigenvalue weighted by Crippen LogP contribution is -2.31. The van der Waals surface area contributed by atoms with Crippen molar-refractivity contribution in [3.05, 3.63) is 57.7 Å². The van der Waals surface area contributed by atoms with Crippen molar-refractivity contribution >= 4 is 29.3 Å². The minimum Gasteiger partial charge on any atom is -0.351 e. The van der Waals surface area contributed by atoms with Crippen LogP contribution in [0.4, 0.5) is 0 Å². The molecule has 20 heavy (non-hydrogen) atoms. The van der Waals surface area contributed by atoms with Crippen LogP contribution in [0.25, 0.3) is 0 Å². The van der Waals surface area contributed by atoms with Gasteiger partial charge in [0.25, 0.3) is 11.5 Å². The first-order valence-corrected chi connectivity index (χ1v) is 7.22. The molecule has 2 N–H and O–H groups in total. The number of amides is 1. The maximum absolute atomic E-state index is 11.7. The molecule has 0 fully saturated rings. The summed E-state index contributed by atoms with van der Waals surface area (Å²) in [6.07, 6.45) is 2.50. The SMILES string of the molecule is O=C(NCCSc1ccc(Cl)cc1)c1cnc[nH]c1=O. The van der Waals surface area contributed by atoms with Gasteiger partial charge in [-0.3, -0.25) is 9.59 Å². The van der Waals surface area contributed by atoms with E-state index >= 15 is 0 Å². The summed E-state index contributed by atoms with van der Waals surface area (Å²) in [5.41, 5.74) is -0.424. The van der Waals surface area contributed by atoms with Crippen molar-refractivity contribution in [3.63, 3.8) is 0 Å². The molecular formula is C13H12ClN3O2S. The van der Waals surface area contributed by atoms with E-state index in [9.17, 15) is 9.59 Å². The average Bonchev–Trinajstić information content (AvgIpc) is 2.46. The highest BCUT2D eigenvalue weighted by atomic mass is 35.5. The molecule has 1 amide bonds. The molecule has 1 aromatic heterocycles. The van der Waals surface area contributed by atoms with Crippen LogP contribution >= 0.6 is 23.4 Å². The van der Waals surface area contributed by atoms with Crippen LogP contribution in [0.2, 0.25) is 5.02 Å². The van der Waals surface area contributed by atoms with Crippen molar-refractivity contribution in [1.29, 1.82) is 0 Å². The zero-order valence-corrected chi connectivity index (χ0v) is 12.0. The van der Waals surface area contributed by atoms with Crippen molar-refractivity contribution in [1.82, 2.24) is 15.3 Å². The first-order valence-electron chi connectivity index (χ1n) is 5.86. The Kier molecular flexibility index (Phi) is 5.20. The average molecular weight is 310 g/mol. The molecule has 0 atom stereocenters. The Hall–Kier alpha value is -1.79. The summed E-state index contributed by atoms with van der Waals surface area (Å²) in [5.74, 6) is 0.280. The second kappa shape index (κ2) is 7.12. The molecule has 0 bridgehead atoms. The molecule has 7 heteroatoms. The lowest BCUT2D eigenvalue weighted by Gasteiger charge is -2.04. The predicted molar refractivity (Wildman–Crippen MR) is 79.4 cm³/mol. The molecule has 0 saturated carbocycles. The van der Waals surface area contributed by atoms with Crippen LogP contribution in [-0.4, -0.2) is 28.2 Å². The van der Waals surface area contributed by atoms with Gasteiger partial charge in [-0.15, -0.1) is 11.8 Å². The van der Waals surface area contributed by atoms with Gasteiger partial charge >= 0.3 is 0 Å². The number of H-pyrrole nitrogens is 1. The number of hydrogen-bond donors (Lipinski definition) is 2. The molecule has 1 heterocycles. The minimum atomic E-state index is -0.442. The topological polar surface area (TPSA) is 74.8 Å². The van der Waals surface area contributed by atoms with Gasteiger partial charge in [0.15, 0.2) is 0 Å². The van der Waals surface area contributed by atoms with Crippen LogP contribution in [0.15, 0.2) is 46.5 Å². The Morgan fingerprint density at radius 3 is 2.80 bits per heavy atom. The molecule has 104 valence electrons. The van der Waals surface area contributed by atoms with Gasteiger partial charge in [0.2, 0.25) is 0 Å². The fourth-order valence-corrected chi connectivity index (χ4v) is 2.36. The van der Waals surface area contributed by atoms with Gasteiger partial charge in [0, 0.05) is 28.4 Å². The zero-order valence-electron chi connectivity index (χ0n) is 10.4. The van der Waals surface area contributed by atoms with E-state index in [1.54, 1.807) is 11.8 Å². The highest BCUT2D eigenvalue weighted by molar-refractivity contribution is 7.99. The molecule has 0 radical (unpaired) electrons. The van der Waals surface area contributed by atoms with Crippen LogP contribution in [0, 0.1) is 0 Å². The van der Waals surface area contributed by atoms with E-state index in [1.165, 1.54) is 12.5 Å². The smallest absolute Gasteiger partial charge is 0.263 e. The first-order chi connectivity index (χ1) is 9.66. The van der Waals surface area contributed by atoms with Gasteiger partial charge in [-0.2, -0.15) is 0 Å². The molecule has 0 aliphatic heterocycles. The predicted octanol–water partition coefficient (Wildman–Crippen LogP) is 1.95. The quantitative estimate of drug-likeness (QED) is 0.654. The van der Waals surface area contributed by atoms with Crippen molar-refractivity contribution in [2.45, 2.75) is 4.90 Å². The largest absolute Gasteiger partial charge is 0.351 e. The van der Waals surface area contributed by atoms with Gasteiger partial charge in [-0.25, -0.2) is 4.98 Å². The summed E-state index contributed by atoms with van der Waals surface area (Å²) in [6, 6.07) is 7.47. The summed E-state index contributed by atoms with van der Waals surface area (Å²) < 4.78 is 0. The Balaban J connectivity index is 1.79. The molecule has 2 aromatic rings. The maximum Gasteiger partial charge on any atom is 0.263 e. The van der Waals surface area contributed by atoms with Crippen molar-refractivity contribution < 1.29 is 4.79 Å². The molecule has 0 spiro atoms. The summed E-state index contributed by atoms with van der Waals surface area (Å²) in [7, 11) is 0. The third-order valence-corrected chi connectivity index (χ3v) is 3.70. The standard InChI is InChI=1S/C13H12ClN3O2S/c14-9-1-3-10(4-2-9)20-6-5-16-12(18)11-7-15-8-17-13(11)19/h1-4,7-8H,5-6H2,(H,16,18)(H,15,17,19). The summed E-state index contributed by atoms with van der Waals surface area (Å²) in [5, 5.41) is 3.37. The molecule has 0 aliphatic carbocycles. The number of carbonyl (C=O) groups is 1. The number of benzene rings is 1.